The van der Waals surface area contributed by atoms with Gasteiger partial charge < -0.3 is 24.6 Å². The molecule has 28 heavy (non-hydrogen) atoms. The van der Waals surface area contributed by atoms with E-state index in [0.717, 1.165) is 50.1 Å². The number of nitrogens with zero attached hydrogens (tertiary/aromatic N) is 2. The van der Waals surface area contributed by atoms with Crippen molar-refractivity contribution < 1.29 is 19.1 Å². The highest BCUT2D eigenvalue weighted by atomic mass is 16.7. The molecular formula is C21H27N3O4. The number of amides is 2. The van der Waals surface area contributed by atoms with Crippen LogP contribution in [0.4, 0.5) is 0 Å². The van der Waals surface area contributed by atoms with Gasteiger partial charge in [-0.05, 0) is 49.5 Å². The van der Waals surface area contributed by atoms with E-state index in [-0.39, 0.29) is 18.6 Å². The summed E-state index contributed by atoms with van der Waals surface area (Å²) in [4.78, 5) is 28.4. The van der Waals surface area contributed by atoms with Crippen molar-refractivity contribution >= 4 is 17.9 Å². The number of carbonyl (C=O) groups is 2. The van der Waals surface area contributed by atoms with Crippen molar-refractivity contribution in [3.63, 3.8) is 0 Å². The fraction of sp³-hybridized carbons (Fsp3) is 0.524. The number of likely N-dealkylation sites (tertiary alicyclic amines) is 2. The number of fused-ring (bicyclic) bond motifs is 1. The van der Waals surface area contributed by atoms with Crippen LogP contribution in [-0.2, 0) is 9.59 Å². The van der Waals surface area contributed by atoms with Gasteiger partial charge >= 0.3 is 0 Å². The number of carbonyl (C=O) groups excluding carboxylic acids is 2. The van der Waals surface area contributed by atoms with E-state index in [0.29, 0.717) is 31.4 Å². The number of piperidine rings is 1. The van der Waals surface area contributed by atoms with Gasteiger partial charge in [-0.1, -0.05) is 6.07 Å². The molecule has 0 aromatic heterocycles. The SMILES string of the molecule is O=C(/C=C/c1ccc2c(c1)OCO2)N1CCC(NCC(=O)N2CCCC2)CC1. The standard InChI is InChI=1S/C21H27N3O4/c25-20(6-4-16-3-5-18-19(13-16)28-15-27-18)24-11-7-17(8-12-24)22-14-21(26)23-9-1-2-10-23/h3-6,13,17,22H,1-2,7-12,14-15H2/b6-4+. The highest BCUT2D eigenvalue weighted by molar-refractivity contribution is 5.92. The minimum atomic E-state index is 0.0178. The van der Waals surface area contributed by atoms with Crippen LogP contribution >= 0.6 is 0 Å². The third-order valence-corrected chi connectivity index (χ3v) is 5.62. The molecule has 1 N–H and O–H groups in total. The summed E-state index contributed by atoms with van der Waals surface area (Å²) in [7, 11) is 0. The average Bonchev–Trinajstić information content (AvgIpc) is 3.42. The average molecular weight is 385 g/mol. The maximum atomic E-state index is 12.5. The summed E-state index contributed by atoms with van der Waals surface area (Å²) in [6.07, 6.45) is 7.40. The van der Waals surface area contributed by atoms with Gasteiger partial charge in [0.15, 0.2) is 11.5 Å². The molecule has 2 fully saturated rings. The lowest BCUT2D eigenvalue weighted by Crippen LogP contribution is -2.47. The molecule has 2 saturated heterocycles. The van der Waals surface area contributed by atoms with Crippen molar-refractivity contribution in [1.82, 2.24) is 15.1 Å². The van der Waals surface area contributed by atoms with Gasteiger partial charge in [0.2, 0.25) is 18.6 Å². The predicted molar refractivity (Wildman–Crippen MR) is 105 cm³/mol. The Morgan fingerprint density at radius 3 is 2.57 bits per heavy atom. The van der Waals surface area contributed by atoms with E-state index in [1.165, 1.54) is 0 Å². The second-order valence-electron chi connectivity index (χ2n) is 7.51. The Balaban J connectivity index is 1.21. The lowest BCUT2D eigenvalue weighted by Gasteiger charge is -2.32. The number of benzene rings is 1. The third kappa shape index (κ3) is 4.47. The van der Waals surface area contributed by atoms with Crippen LogP contribution in [0.2, 0.25) is 0 Å². The molecule has 3 heterocycles. The molecular weight excluding hydrogens is 358 g/mol. The Bertz CT molecular complexity index is 750. The third-order valence-electron chi connectivity index (χ3n) is 5.62. The van der Waals surface area contributed by atoms with E-state index in [9.17, 15) is 9.59 Å². The van der Waals surface area contributed by atoms with E-state index >= 15 is 0 Å². The molecule has 2 amide bonds. The van der Waals surface area contributed by atoms with Gasteiger partial charge in [-0.15, -0.1) is 0 Å². The van der Waals surface area contributed by atoms with Crippen molar-refractivity contribution in [1.29, 1.82) is 0 Å². The molecule has 7 nitrogen and oxygen atoms in total. The quantitative estimate of drug-likeness (QED) is 0.780. The van der Waals surface area contributed by atoms with E-state index in [1.807, 2.05) is 34.1 Å². The van der Waals surface area contributed by atoms with Gasteiger partial charge in [0.05, 0.1) is 6.54 Å². The molecule has 150 valence electrons. The van der Waals surface area contributed by atoms with Crippen molar-refractivity contribution in [2.75, 3.05) is 39.5 Å². The summed E-state index contributed by atoms with van der Waals surface area (Å²) in [5, 5.41) is 3.37. The lowest BCUT2D eigenvalue weighted by molar-refractivity contribution is -0.130. The second-order valence-corrected chi connectivity index (χ2v) is 7.51. The molecule has 7 heteroatoms. The maximum Gasteiger partial charge on any atom is 0.246 e. The summed E-state index contributed by atoms with van der Waals surface area (Å²) < 4.78 is 10.7. The van der Waals surface area contributed by atoms with Crippen molar-refractivity contribution in [2.45, 2.75) is 31.7 Å². The van der Waals surface area contributed by atoms with Crippen LogP contribution in [0.3, 0.4) is 0 Å². The predicted octanol–water partition coefficient (Wildman–Crippen LogP) is 1.63. The van der Waals surface area contributed by atoms with Gasteiger partial charge in [-0.2, -0.15) is 0 Å². The largest absolute Gasteiger partial charge is 0.454 e. The fourth-order valence-corrected chi connectivity index (χ4v) is 3.90. The molecule has 0 bridgehead atoms. The number of nitrogens with one attached hydrogen (secondary N) is 1. The molecule has 0 atom stereocenters. The number of rotatable bonds is 5. The van der Waals surface area contributed by atoms with E-state index in [2.05, 4.69) is 5.32 Å². The first-order valence-corrected chi connectivity index (χ1v) is 10.1. The zero-order valence-electron chi connectivity index (χ0n) is 16.1. The molecule has 3 aliphatic heterocycles. The van der Waals surface area contributed by atoms with Gasteiger partial charge in [-0.25, -0.2) is 0 Å². The highest BCUT2D eigenvalue weighted by Gasteiger charge is 2.23. The smallest absolute Gasteiger partial charge is 0.246 e. The van der Waals surface area contributed by atoms with E-state index < -0.39 is 0 Å². The molecule has 4 rings (SSSR count). The normalized spacial score (nSPS) is 19.6. The van der Waals surface area contributed by atoms with Crippen molar-refractivity contribution in [2.24, 2.45) is 0 Å². The number of hydrogen-bond acceptors (Lipinski definition) is 5. The Kier molecular flexibility index (Phi) is 5.81. The Morgan fingerprint density at radius 2 is 1.79 bits per heavy atom. The zero-order chi connectivity index (χ0) is 19.3. The van der Waals surface area contributed by atoms with E-state index in [4.69, 9.17) is 9.47 Å². The van der Waals surface area contributed by atoms with Crippen LogP contribution in [0.25, 0.3) is 6.08 Å². The molecule has 0 aliphatic carbocycles. The van der Waals surface area contributed by atoms with Gasteiger partial charge in [0.1, 0.15) is 0 Å². The second kappa shape index (κ2) is 8.65. The molecule has 0 unspecified atom stereocenters. The molecule has 3 aliphatic rings. The first kappa shape index (κ1) is 18.8. The summed E-state index contributed by atoms with van der Waals surface area (Å²) in [5.74, 6) is 1.66. The van der Waals surface area contributed by atoms with Crippen molar-refractivity contribution in [3.8, 4) is 11.5 Å². The minimum absolute atomic E-state index is 0.0178. The van der Waals surface area contributed by atoms with Crippen LogP contribution < -0.4 is 14.8 Å². The minimum Gasteiger partial charge on any atom is -0.454 e. The molecule has 1 aromatic carbocycles. The zero-order valence-corrected chi connectivity index (χ0v) is 16.1. The first-order chi connectivity index (χ1) is 13.7. The van der Waals surface area contributed by atoms with Crippen LogP contribution in [0, 0.1) is 0 Å². The Labute approximate surface area is 165 Å². The molecule has 1 aromatic rings. The van der Waals surface area contributed by atoms with Crippen LogP contribution in [-0.4, -0.2) is 67.2 Å². The Hall–Kier alpha value is -2.54. The first-order valence-electron chi connectivity index (χ1n) is 10.1. The van der Waals surface area contributed by atoms with Gasteiger partial charge in [-0.3, -0.25) is 9.59 Å². The maximum absolute atomic E-state index is 12.5. The van der Waals surface area contributed by atoms with Crippen LogP contribution in [0.15, 0.2) is 24.3 Å². The number of ether oxygens (including phenoxy) is 2. The van der Waals surface area contributed by atoms with Gasteiger partial charge in [0.25, 0.3) is 0 Å². The summed E-state index contributed by atoms with van der Waals surface area (Å²) >= 11 is 0. The highest BCUT2D eigenvalue weighted by Crippen LogP contribution is 2.32. The van der Waals surface area contributed by atoms with Crippen LogP contribution in [0.5, 0.6) is 11.5 Å². The molecule has 0 radical (unpaired) electrons. The van der Waals surface area contributed by atoms with Gasteiger partial charge in [0, 0.05) is 38.3 Å². The summed E-state index contributed by atoms with van der Waals surface area (Å²) in [6, 6.07) is 5.94. The van der Waals surface area contributed by atoms with E-state index in [1.54, 1.807) is 6.08 Å². The Morgan fingerprint density at radius 1 is 1.04 bits per heavy atom. The molecule has 0 spiro atoms. The summed E-state index contributed by atoms with van der Waals surface area (Å²) in [6.45, 7) is 3.85. The van der Waals surface area contributed by atoms with Crippen molar-refractivity contribution in [3.05, 3.63) is 29.8 Å². The number of hydrogen-bond donors (Lipinski definition) is 1. The monoisotopic (exact) mass is 385 g/mol. The lowest BCUT2D eigenvalue weighted by atomic mass is 10.0. The summed E-state index contributed by atoms with van der Waals surface area (Å²) in [5.41, 5.74) is 0.912. The van der Waals surface area contributed by atoms with Crippen LogP contribution in [0.1, 0.15) is 31.2 Å². The fourth-order valence-electron chi connectivity index (χ4n) is 3.90. The molecule has 0 saturated carbocycles. The topological polar surface area (TPSA) is 71.1 Å².